The molecule has 0 saturated carbocycles. The molecule has 78 valence electrons. The molecule has 14 heavy (non-hydrogen) atoms. The fourth-order valence-electron chi connectivity index (χ4n) is 1.40. The summed E-state index contributed by atoms with van der Waals surface area (Å²) in [4.78, 5) is 4.12. The van der Waals surface area contributed by atoms with Crippen LogP contribution in [0.25, 0.3) is 0 Å². The van der Waals surface area contributed by atoms with E-state index in [4.69, 9.17) is 0 Å². The van der Waals surface area contributed by atoms with Gasteiger partial charge in [0.2, 0.25) is 0 Å². The summed E-state index contributed by atoms with van der Waals surface area (Å²) in [5.41, 5.74) is 2.63. The lowest BCUT2D eigenvalue weighted by Gasteiger charge is -2.06. The normalized spacial score (nSPS) is 10.4. The zero-order valence-electron chi connectivity index (χ0n) is 9.21. The van der Waals surface area contributed by atoms with Crippen LogP contribution in [0.15, 0.2) is 18.5 Å². The molecule has 1 aromatic heterocycles. The molecular weight excluding hydrogens is 172 g/mol. The fraction of sp³-hybridized carbons (Fsp3) is 0.583. The summed E-state index contributed by atoms with van der Waals surface area (Å²) in [6.07, 6.45) is 7.67. The molecule has 2 heteroatoms. The van der Waals surface area contributed by atoms with Gasteiger partial charge in [0, 0.05) is 18.9 Å². The predicted molar refractivity (Wildman–Crippen MR) is 60.2 cm³/mol. The largest absolute Gasteiger partial charge is 0.313 e. The van der Waals surface area contributed by atoms with Gasteiger partial charge in [-0.3, -0.25) is 4.98 Å². The first-order chi connectivity index (χ1) is 6.84. The highest BCUT2D eigenvalue weighted by Gasteiger charge is 1.95. The van der Waals surface area contributed by atoms with Gasteiger partial charge in [0.15, 0.2) is 0 Å². The zero-order chi connectivity index (χ0) is 10.2. The van der Waals surface area contributed by atoms with Gasteiger partial charge >= 0.3 is 0 Å². The third-order valence-electron chi connectivity index (χ3n) is 2.42. The van der Waals surface area contributed by atoms with Crippen LogP contribution in [0, 0.1) is 6.92 Å². The van der Waals surface area contributed by atoms with Crippen molar-refractivity contribution < 1.29 is 0 Å². The second-order valence-electron chi connectivity index (χ2n) is 3.69. The molecule has 0 atom stereocenters. The molecule has 0 amide bonds. The van der Waals surface area contributed by atoms with Crippen molar-refractivity contribution in [3.8, 4) is 0 Å². The zero-order valence-corrected chi connectivity index (χ0v) is 9.21. The monoisotopic (exact) mass is 192 g/mol. The first-order valence-corrected chi connectivity index (χ1v) is 5.44. The first-order valence-electron chi connectivity index (χ1n) is 5.44. The Labute approximate surface area is 86.8 Å². The minimum Gasteiger partial charge on any atom is -0.313 e. The third-order valence-corrected chi connectivity index (χ3v) is 2.42. The Balaban J connectivity index is 2.21. The highest BCUT2D eigenvalue weighted by Crippen LogP contribution is 2.03. The molecule has 0 aliphatic carbocycles. The van der Waals surface area contributed by atoms with Gasteiger partial charge in [-0.25, -0.2) is 0 Å². The maximum Gasteiger partial charge on any atom is 0.0315 e. The Hall–Kier alpha value is -0.890. The Kier molecular flexibility index (Phi) is 5.23. The Morgan fingerprint density at radius 1 is 1.36 bits per heavy atom. The van der Waals surface area contributed by atoms with Crippen molar-refractivity contribution in [1.82, 2.24) is 10.3 Å². The molecule has 1 N–H and O–H groups in total. The van der Waals surface area contributed by atoms with Gasteiger partial charge < -0.3 is 5.32 Å². The molecule has 1 rings (SSSR count). The molecule has 0 unspecified atom stereocenters. The number of unbranched alkanes of at least 4 members (excludes halogenated alkanes) is 2. The van der Waals surface area contributed by atoms with Crippen LogP contribution in [0.4, 0.5) is 0 Å². The van der Waals surface area contributed by atoms with Crippen LogP contribution in [-0.4, -0.2) is 11.5 Å². The number of hydrogen-bond acceptors (Lipinski definition) is 2. The minimum absolute atomic E-state index is 0.948. The van der Waals surface area contributed by atoms with E-state index in [0.29, 0.717) is 0 Å². The molecule has 1 aromatic rings. The summed E-state index contributed by atoms with van der Waals surface area (Å²) in [5, 5.41) is 3.44. The van der Waals surface area contributed by atoms with Crippen molar-refractivity contribution in [3.05, 3.63) is 29.6 Å². The van der Waals surface area contributed by atoms with Crippen molar-refractivity contribution >= 4 is 0 Å². The van der Waals surface area contributed by atoms with Crippen molar-refractivity contribution in [2.75, 3.05) is 6.54 Å². The fourth-order valence-corrected chi connectivity index (χ4v) is 1.40. The minimum atomic E-state index is 0.948. The molecule has 0 saturated heterocycles. The summed E-state index contributed by atoms with van der Waals surface area (Å²) in [6, 6.07) is 2.06. The smallest absolute Gasteiger partial charge is 0.0315 e. The van der Waals surface area contributed by atoms with Crippen LogP contribution in [-0.2, 0) is 6.54 Å². The molecule has 0 aliphatic rings. The maximum absolute atomic E-state index is 4.12. The average Bonchev–Trinajstić information content (AvgIpc) is 2.20. The van der Waals surface area contributed by atoms with E-state index in [9.17, 15) is 0 Å². The van der Waals surface area contributed by atoms with E-state index >= 15 is 0 Å². The average molecular weight is 192 g/mol. The van der Waals surface area contributed by atoms with Gasteiger partial charge in [-0.1, -0.05) is 19.8 Å². The number of hydrogen-bond donors (Lipinski definition) is 1. The number of aryl methyl sites for hydroxylation is 1. The van der Waals surface area contributed by atoms with Crippen LogP contribution >= 0.6 is 0 Å². The lowest BCUT2D eigenvalue weighted by molar-refractivity contribution is 0.615. The van der Waals surface area contributed by atoms with Crippen molar-refractivity contribution in [2.45, 2.75) is 39.7 Å². The molecular formula is C12H20N2. The lowest BCUT2D eigenvalue weighted by atomic mass is 10.1. The highest BCUT2D eigenvalue weighted by atomic mass is 14.8. The van der Waals surface area contributed by atoms with Crippen molar-refractivity contribution in [1.29, 1.82) is 0 Å². The van der Waals surface area contributed by atoms with Crippen LogP contribution in [0.2, 0.25) is 0 Å². The van der Waals surface area contributed by atoms with Gasteiger partial charge in [-0.05, 0) is 37.1 Å². The van der Waals surface area contributed by atoms with Gasteiger partial charge in [-0.15, -0.1) is 0 Å². The summed E-state index contributed by atoms with van der Waals surface area (Å²) in [7, 11) is 0. The van der Waals surface area contributed by atoms with Gasteiger partial charge in [0.25, 0.3) is 0 Å². The second-order valence-corrected chi connectivity index (χ2v) is 3.69. The SMILES string of the molecule is CCCCCNCc1cnccc1C. The van der Waals surface area contributed by atoms with Crippen molar-refractivity contribution in [2.24, 2.45) is 0 Å². The van der Waals surface area contributed by atoms with E-state index in [1.165, 1.54) is 30.4 Å². The topological polar surface area (TPSA) is 24.9 Å². The predicted octanol–water partition coefficient (Wildman–Crippen LogP) is 2.67. The van der Waals surface area contributed by atoms with Gasteiger partial charge in [-0.2, -0.15) is 0 Å². The van der Waals surface area contributed by atoms with E-state index in [1.807, 2.05) is 12.4 Å². The Morgan fingerprint density at radius 2 is 2.21 bits per heavy atom. The van der Waals surface area contributed by atoms with E-state index in [1.54, 1.807) is 0 Å². The maximum atomic E-state index is 4.12. The van der Waals surface area contributed by atoms with Crippen LogP contribution in [0.1, 0.15) is 37.3 Å². The molecule has 2 nitrogen and oxygen atoms in total. The molecule has 0 bridgehead atoms. The first kappa shape index (κ1) is 11.2. The number of aromatic nitrogens is 1. The van der Waals surface area contributed by atoms with Crippen LogP contribution < -0.4 is 5.32 Å². The molecule has 0 fully saturated rings. The van der Waals surface area contributed by atoms with Gasteiger partial charge in [0.05, 0.1) is 0 Å². The number of pyridine rings is 1. The van der Waals surface area contributed by atoms with Crippen LogP contribution in [0.5, 0.6) is 0 Å². The molecule has 0 radical (unpaired) electrons. The van der Waals surface area contributed by atoms with Crippen molar-refractivity contribution in [3.63, 3.8) is 0 Å². The third kappa shape index (κ3) is 3.88. The Morgan fingerprint density at radius 3 is 2.93 bits per heavy atom. The molecule has 1 heterocycles. The summed E-state index contributed by atoms with van der Waals surface area (Å²) < 4.78 is 0. The standard InChI is InChI=1S/C12H20N2/c1-3-4-5-7-13-9-12-10-14-8-6-11(12)2/h6,8,10,13H,3-5,7,9H2,1-2H3. The second kappa shape index (κ2) is 6.55. The number of nitrogens with one attached hydrogen (secondary N) is 1. The Bertz CT molecular complexity index is 258. The summed E-state index contributed by atoms with van der Waals surface area (Å²) in [6.45, 7) is 6.42. The van der Waals surface area contributed by atoms with E-state index in [2.05, 4.69) is 30.2 Å². The molecule has 0 spiro atoms. The highest BCUT2D eigenvalue weighted by molar-refractivity contribution is 5.20. The number of rotatable bonds is 6. The lowest BCUT2D eigenvalue weighted by Crippen LogP contribution is -2.15. The van der Waals surface area contributed by atoms with E-state index < -0.39 is 0 Å². The van der Waals surface area contributed by atoms with Gasteiger partial charge in [0.1, 0.15) is 0 Å². The van der Waals surface area contributed by atoms with Crippen LogP contribution in [0.3, 0.4) is 0 Å². The van der Waals surface area contributed by atoms with E-state index in [-0.39, 0.29) is 0 Å². The summed E-state index contributed by atoms with van der Waals surface area (Å²) in [5.74, 6) is 0. The molecule has 0 aromatic carbocycles. The summed E-state index contributed by atoms with van der Waals surface area (Å²) >= 11 is 0. The number of nitrogens with zero attached hydrogens (tertiary/aromatic N) is 1. The van der Waals surface area contributed by atoms with E-state index in [0.717, 1.165) is 13.1 Å². The molecule has 0 aliphatic heterocycles. The quantitative estimate of drug-likeness (QED) is 0.701.